The van der Waals surface area contributed by atoms with E-state index in [2.05, 4.69) is 10.00 Å². The van der Waals surface area contributed by atoms with E-state index >= 15 is 0 Å². The molecule has 0 atom stereocenters. The first-order valence-corrected chi connectivity index (χ1v) is 8.05. The number of nitrogen functional groups attached to an aromatic ring is 1. The molecule has 2 N–H and O–H groups in total. The number of aryl methyl sites for hydroxylation is 1. The van der Waals surface area contributed by atoms with Crippen molar-refractivity contribution in [3.8, 4) is 0 Å². The van der Waals surface area contributed by atoms with Gasteiger partial charge in [-0.1, -0.05) is 0 Å². The van der Waals surface area contributed by atoms with Crippen molar-refractivity contribution in [3.63, 3.8) is 0 Å². The van der Waals surface area contributed by atoms with Crippen molar-refractivity contribution in [3.05, 3.63) is 11.9 Å². The molecular formula is C15H25N5O. The van der Waals surface area contributed by atoms with E-state index in [4.69, 9.17) is 5.73 Å². The molecule has 6 nitrogen and oxygen atoms in total. The molecule has 3 heterocycles. The van der Waals surface area contributed by atoms with Gasteiger partial charge in [-0.25, -0.2) is 0 Å². The Morgan fingerprint density at radius 1 is 1.29 bits per heavy atom. The third-order valence-corrected chi connectivity index (χ3v) is 4.73. The number of hydrogen-bond donors (Lipinski definition) is 1. The summed E-state index contributed by atoms with van der Waals surface area (Å²) in [6, 6.07) is 0.655. The van der Waals surface area contributed by atoms with Gasteiger partial charge < -0.3 is 15.5 Å². The number of amides is 1. The normalized spacial score (nSPS) is 21.1. The molecular weight excluding hydrogens is 266 g/mol. The van der Waals surface area contributed by atoms with E-state index in [1.807, 2.05) is 11.8 Å². The van der Waals surface area contributed by atoms with Crippen LogP contribution < -0.4 is 5.73 Å². The summed E-state index contributed by atoms with van der Waals surface area (Å²) in [7, 11) is 0. The Hall–Kier alpha value is -1.56. The minimum absolute atomic E-state index is 0.0143. The van der Waals surface area contributed by atoms with Gasteiger partial charge in [0.2, 0.25) is 0 Å². The number of piperidine rings is 1. The maximum Gasteiger partial charge on any atom is 0.276 e. The first-order chi connectivity index (χ1) is 10.2. The lowest BCUT2D eigenvalue weighted by atomic mass is 10.0. The van der Waals surface area contributed by atoms with Crippen molar-refractivity contribution in [1.29, 1.82) is 0 Å². The van der Waals surface area contributed by atoms with Crippen LogP contribution in [0.4, 0.5) is 5.69 Å². The Bertz CT molecular complexity index is 498. The molecule has 0 aliphatic carbocycles. The van der Waals surface area contributed by atoms with E-state index in [1.54, 1.807) is 10.9 Å². The van der Waals surface area contributed by atoms with Crippen LogP contribution in [-0.4, -0.2) is 57.7 Å². The summed E-state index contributed by atoms with van der Waals surface area (Å²) in [6.07, 6.45) is 6.53. The second-order valence-corrected chi connectivity index (χ2v) is 6.06. The summed E-state index contributed by atoms with van der Waals surface area (Å²) >= 11 is 0. The zero-order valence-electron chi connectivity index (χ0n) is 12.8. The minimum atomic E-state index is -0.0143. The molecule has 0 saturated carbocycles. The molecule has 0 aromatic carbocycles. The molecule has 0 radical (unpaired) electrons. The molecule has 0 unspecified atom stereocenters. The molecule has 1 amide bonds. The average Bonchev–Trinajstić information content (AvgIpc) is 3.16. The number of aromatic nitrogens is 2. The number of nitrogens with two attached hydrogens (primary N) is 1. The molecule has 0 spiro atoms. The van der Waals surface area contributed by atoms with Gasteiger partial charge in [-0.2, -0.15) is 5.10 Å². The maximum absolute atomic E-state index is 12.5. The van der Waals surface area contributed by atoms with Gasteiger partial charge in [-0.05, 0) is 45.7 Å². The van der Waals surface area contributed by atoms with Gasteiger partial charge >= 0.3 is 0 Å². The molecule has 2 aliphatic heterocycles. The van der Waals surface area contributed by atoms with Gasteiger partial charge in [-0.15, -0.1) is 0 Å². The van der Waals surface area contributed by atoms with Crippen LogP contribution in [0.1, 0.15) is 43.1 Å². The maximum atomic E-state index is 12.5. The molecule has 6 heteroatoms. The van der Waals surface area contributed by atoms with E-state index in [1.165, 1.54) is 25.9 Å². The second kappa shape index (κ2) is 6.05. The van der Waals surface area contributed by atoms with Crippen LogP contribution in [0.15, 0.2) is 6.20 Å². The highest BCUT2D eigenvalue weighted by Gasteiger charge is 2.30. The number of hydrogen-bond acceptors (Lipinski definition) is 4. The van der Waals surface area contributed by atoms with Crippen molar-refractivity contribution in [2.24, 2.45) is 0 Å². The number of anilines is 1. The second-order valence-electron chi connectivity index (χ2n) is 6.06. The molecule has 2 saturated heterocycles. The SMILES string of the molecule is CCn1cc(N)c(C(=O)N2CCC(N3CCCC3)CC2)n1. The van der Waals surface area contributed by atoms with Crippen LogP contribution in [0, 0.1) is 0 Å². The zero-order chi connectivity index (χ0) is 14.8. The summed E-state index contributed by atoms with van der Waals surface area (Å²) in [5.41, 5.74) is 6.82. The predicted molar refractivity (Wildman–Crippen MR) is 82.0 cm³/mol. The zero-order valence-corrected chi connectivity index (χ0v) is 12.8. The molecule has 1 aromatic rings. The van der Waals surface area contributed by atoms with Crippen LogP contribution in [-0.2, 0) is 6.54 Å². The van der Waals surface area contributed by atoms with Gasteiger partial charge in [0.15, 0.2) is 5.69 Å². The highest BCUT2D eigenvalue weighted by molar-refractivity contribution is 5.97. The molecule has 3 rings (SSSR count). The number of rotatable bonds is 3. The predicted octanol–water partition coefficient (Wildman–Crippen LogP) is 1.19. The average molecular weight is 291 g/mol. The summed E-state index contributed by atoms with van der Waals surface area (Å²) in [6.45, 7) is 6.81. The lowest BCUT2D eigenvalue weighted by molar-refractivity contribution is 0.0639. The fourth-order valence-electron chi connectivity index (χ4n) is 3.46. The molecule has 21 heavy (non-hydrogen) atoms. The van der Waals surface area contributed by atoms with Crippen LogP contribution in [0.3, 0.4) is 0 Å². The lowest BCUT2D eigenvalue weighted by Crippen LogP contribution is -2.46. The molecule has 116 valence electrons. The number of likely N-dealkylation sites (tertiary alicyclic amines) is 2. The van der Waals surface area contributed by atoms with E-state index < -0.39 is 0 Å². The van der Waals surface area contributed by atoms with Gasteiger partial charge in [-0.3, -0.25) is 9.48 Å². The van der Waals surface area contributed by atoms with Crippen LogP contribution in [0.25, 0.3) is 0 Å². The number of carbonyl (C=O) groups is 1. The fraction of sp³-hybridized carbons (Fsp3) is 0.733. The Kier molecular flexibility index (Phi) is 4.14. The van der Waals surface area contributed by atoms with E-state index in [0.717, 1.165) is 32.5 Å². The van der Waals surface area contributed by atoms with E-state index in [-0.39, 0.29) is 5.91 Å². The van der Waals surface area contributed by atoms with Gasteiger partial charge in [0.05, 0.1) is 5.69 Å². The fourth-order valence-corrected chi connectivity index (χ4v) is 3.46. The molecule has 2 aliphatic rings. The first kappa shape index (κ1) is 14.4. The van der Waals surface area contributed by atoms with Crippen LogP contribution in [0.5, 0.6) is 0 Å². The standard InChI is InChI=1S/C15H25N5O/c1-2-20-11-13(16)14(17-20)15(21)19-9-5-12(6-10-19)18-7-3-4-8-18/h11-12H,2-10,16H2,1H3. The van der Waals surface area contributed by atoms with Crippen molar-refractivity contribution < 1.29 is 4.79 Å². The van der Waals surface area contributed by atoms with Gasteiger partial charge in [0.1, 0.15) is 0 Å². The Morgan fingerprint density at radius 2 is 1.95 bits per heavy atom. The Labute approximate surface area is 125 Å². The molecule has 0 bridgehead atoms. The number of carbonyl (C=O) groups excluding carboxylic acids is 1. The highest BCUT2D eigenvalue weighted by atomic mass is 16.2. The van der Waals surface area contributed by atoms with E-state index in [0.29, 0.717) is 17.4 Å². The molecule has 2 fully saturated rings. The van der Waals surface area contributed by atoms with Crippen molar-refractivity contribution in [2.75, 3.05) is 31.9 Å². The third-order valence-electron chi connectivity index (χ3n) is 4.73. The molecule has 1 aromatic heterocycles. The van der Waals surface area contributed by atoms with Crippen LogP contribution in [0.2, 0.25) is 0 Å². The van der Waals surface area contributed by atoms with Crippen molar-refractivity contribution >= 4 is 11.6 Å². The van der Waals surface area contributed by atoms with E-state index in [9.17, 15) is 4.79 Å². The Morgan fingerprint density at radius 3 is 2.52 bits per heavy atom. The monoisotopic (exact) mass is 291 g/mol. The lowest BCUT2D eigenvalue weighted by Gasteiger charge is -2.36. The highest BCUT2D eigenvalue weighted by Crippen LogP contribution is 2.22. The quantitative estimate of drug-likeness (QED) is 0.908. The largest absolute Gasteiger partial charge is 0.396 e. The minimum Gasteiger partial charge on any atom is -0.396 e. The van der Waals surface area contributed by atoms with Gasteiger partial charge in [0.25, 0.3) is 5.91 Å². The smallest absolute Gasteiger partial charge is 0.276 e. The topological polar surface area (TPSA) is 67.4 Å². The van der Waals surface area contributed by atoms with Crippen molar-refractivity contribution in [2.45, 2.75) is 45.2 Å². The van der Waals surface area contributed by atoms with Gasteiger partial charge in [0, 0.05) is 31.9 Å². The van der Waals surface area contributed by atoms with Crippen molar-refractivity contribution in [1.82, 2.24) is 19.6 Å². The summed E-state index contributed by atoms with van der Waals surface area (Å²) in [4.78, 5) is 17.0. The third kappa shape index (κ3) is 2.90. The summed E-state index contributed by atoms with van der Waals surface area (Å²) in [5, 5.41) is 4.29. The first-order valence-electron chi connectivity index (χ1n) is 8.05. The van der Waals surface area contributed by atoms with Crippen LogP contribution >= 0.6 is 0 Å². The summed E-state index contributed by atoms with van der Waals surface area (Å²) < 4.78 is 1.72. The Balaban J connectivity index is 1.60. The number of nitrogens with zero attached hydrogens (tertiary/aromatic N) is 4. The summed E-state index contributed by atoms with van der Waals surface area (Å²) in [5.74, 6) is -0.0143.